The molecule has 2 atom stereocenters. The van der Waals surface area contributed by atoms with Crippen molar-refractivity contribution in [3.8, 4) is 0 Å². The van der Waals surface area contributed by atoms with E-state index in [2.05, 4.69) is 22.5 Å². The van der Waals surface area contributed by atoms with E-state index in [0.717, 1.165) is 18.2 Å². The second kappa shape index (κ2) is 9.81. The molecule has 0 fully saturated rings. The van der Waals surface area contributed by atoms with Gasteiger partial charge in [-0.1, -0.05) is 22.0 Å². The van der Waals surface area contributed by atoms with Crippen molar-refractivity contribution in [2.45, 2.75) is 37.9 Å². The van der Waals surface area contributed by atoms with Crippen LogP contribution in [0.3, 0.4) is 0 Å². The molecule has 0 aliphatic heterocycles. The molecular formula is C11H19BrO4. The maximum atomic E-state index is 11.2. The Morgan fingerprint density at radius 1 is 1.38 bits per heavy atom. The number of rotatable bonds is 9. The van der Waals surface area contributed by atoms with E-state index in [-0.39, 0.29) is 19.0 Å². The average molecular weight is 295 g/mol. The number of hydrogen-bond acceptors (Lipinski definition) is 4. The molecule has 0 amide bonds. The molecule has 0 aromatic rings. The van der Waals surface area contributed by atoms with Crippen molar-refractivity contribution in [2.75, 3.05) is 11.9 Å². The van der Waals surface area contributed by atoms with Gasteiger partial charge in [0, 0.05) is 11.8 Å². The third kappa shape index (κ3) is 7.84. The molecule has 0 spiro atoms. The van der Waals surface area contributed by atoms with Crippen LogP contribution in [0.25, 0.3) is 0 Å². The largest absolute Gasteiger partial charge is 0.463 e. The van der Waals surface area contributed by atoms with Gasteiger partial charge in [0.1, 0.15) is 12.7 Å². The number of halogens is 1. The van der Waals surface area contributed by atoms with E-state index >= 15 is 0 Å². The van der Waals surface area contributed by atoms with Crippen LogP contribution in [0.5, 0.6) is 0 Å². The summed E-state index contributed by atoms with van der Waals surface area (Å²) >= 11 is 3.26. The minimum atomic E-state index is -1.04. The molecule has 0 rings (SSSR count). The summed E-state index contributed by atoms with van der Waals surface area (Å²) in [6.07, 6.45) is 1.83. The van der Waals surface area contributed by atoms with Gasteiger partial charge in [-0.3, -0.25) is 4.79 Å². The molecule has 0 bridgehead atoms. The van der Waals surface area contributed by atoms with Crippen LogP contribution in [0.15, 0.2) is 12.7 Å². The molecule has 4 nitrogen and oxygen atoms in total. The van der Waals surface area contributed by atoms with E-state index in [4.69, 9.17) is 4.74 Å². The van der Waals surface area contributed by atoms with Gasteiger partial charge < -0.3 is 14.9 Å². The van der Waals surface area contributed by atoms with Crippen molar-refractivity contribution in [1.29, 1.82) is 0 Å². The van der Waals surface area contributed by atoms with E-state index < -0.39 is 12.2 Å². The molecule has 0 aliphatic carbocycles. The SMILES string of the molecule is C=CCC(O)C(O)COC(=O)CCCCBr. The smallest absolute Gasteiger partial charge is 0.305 e. The van der Waals surface area contributed by atoms with Crippen LogP contribution < -0.4 is 0 Å². The quantitative estimate of drug-likeness (QED) is 0.292. The summed E-state index contributed by atoms with van der Waals surface area (Å²) in [6, 6.07) is 0. The van der Waals surface area contributed by atoms with Crippen molar-refractivity contribution < 1.29 is 19.7 Å². The predicted molar refractivity (Wildman–Crippen MR) is 65.4 cm³/mol. The number of hydrogen-bond donors (Lipinski definition) is 2. The predicted octanol–water partition coefficient (Wildman–Crippen LogP) is 1.39. The normalized spacial score (nSPS) is 14.2. The first-order valence-corrected chi connectivity index (χ1v) is 6.42. The summed E-state index contributed by atoms with van der Waals surface area (Å²) in [5.74, 6) is -0.342. The molecule has 94 valence electrons. The van der Waals surface area contributed by atoms with Crippen LogP contribution in [-0.4, -0.2) is 40.3 Å². The number of carbonyl (C=O) groups excluding carboxylic acids is 1. The van der Waals surface area contributed by atoms with Gasteiger partial charge in [0.25, 0.3) is 0 Å². The zero-order valence-corrected chi connectivity index (χ0v) is 10.9. The van der Waals surface area contributed by atoms with Crippen LogP contribution in [-0.2, 0) is 9.53 Å². The van der Waals surface area contributed by atoms with Crippen molar-refractivity contribution in [2.24, 2.45) is 0 Å². The standard InChI is InChI=1S/C11H19BrO4/c1-2-5-9(13)10(14)8-16-11(15)6-3-4-7-12/h2,9-10,13-14H,1,3-8H2. The molecule has 2 N–H and O–H groups in total. The minimum absolute atomic E-state index is 0.165. The minimum Gasteiger partial charge on any atom is -0.463 e. The summed E-state index contributed by atoms with van der Waals surface area (Å²) in [4.78, 5) is 11.2. The average Bonchev–Trinajstić information content (AvgIpc) is 2.26. The van der Waals surface area contributed by atoms with Gasteiger partial charge in [0.05, 0.1) is 6.10 Å². The first-order chi connectivity index (χ1) is 7.61. The number of ether oxygens (including phenoxy) is 1. The summed E-state index contributed by atoms with van der Waals surface area (Å²) in [7, 11) is 0. The zero-order chi connectivity index (χ0) is 12.4. The molecule has 0 radical (unpaired) electrons. The maximum absolute atomic E-state index is 11.2. The highest BCUT2D eigenvalue weighted by Crippen LogP contribution is 2.03. The summed E-state index contributed by atoms with van der Waals surface area (Å²) < 4.78 is 4.82. The molecule has 0 heterocycles. The second-order valence-electron chi connectivity index (χ2n) is 3.49. The Labute approximate surface area is 104 Å². The lowest BCUT2D eigenvalue weighted by Crippen LogP contribution is -2.31. The summed E-state index contributed by atoms with van der Waals surface area (Å²) in [5.41, 5.74) is 0. The van der Waals surface area contributed by atoms with E-state index in [1.165, 1.54) is 6.08 Å². The number of alkyl halides is 1. The van der Waals surface area contributed by atoms with Crippen LogP contribution in [0.4, 0.5) is 0 Å². The molecule has 5 heteroatoms. The second-order valence-corrected chi connectivity index (χ2v) is 4.28. The first kappa shape index (κ1) is 15.6. The van der Waals surface area contributed by atoms with Gasteiger partial charge in [-0.05, 0) is 19.3 Å². The highest BCUT2D eigenvalue weighted by molar-refractivity contribution is 9.09. The van der Waals surface area contributed by atoms with E-state index in [1.54, 1.807) is 0 Å². The fraction of sp³-hybridized carbons (Fsp3) is 0.727. The van der Waals surface area contributed by atoms with Crippen LogP contribution in [0, 0.1) is 0 Å². The highest BCUT2D eigenvalue weighted by atomic mass is 79.9. The van der Waals surface area contributed by atoms with E-state index in [1.807, 2.05) is 0 Å². The molecule has 0 aromatic heterocycles. The highest BCUT2D eigenvalue weighted by Gasteiger charge is 2.16. The van der Waals surface area contributed by atoms with Gasteiger partial charge in [-0.25, -0.2) is 0 Å². The van der Waals surface area contributed by atoms with Gasteiger partial charge in [0.15, 0.2) is 0 Å². The van der Waals surface area contributed by atoms with Gasteiger partial charge in [-0.2, -0.15) is 0 Å². The number of carbonyl (C=O) groups is 1. The molecule has 0 aliphatic rings. The van der Waals surface area contributed by atoms with Gasteiger partial charge in [0.2, 0.25) is 0 Å². The van der Waals surface area contributed by atoms with Gasteiger partial charge in [-0.15, -0.1) is 6.58 Å². The fourth-order valence-corrected chi connectivity index (χ4v) is 1.45. The Kier molecular flexibility index (Phi) is 9.57. The van der Waals surface area contributed by atoms with E-state index in [9.17, 15) is 15.0 Å². The number of esters is 1. The van der Waals surface area contributed by atoms with Crippen LogP contribution in [0.1, 0.15) is 25.7 Å². The third-order valence-corrected chi connectivity index (χ3v) is 2.59. The van der Waals surface area contributed by atoms with Gasteiger partial charge >= 0.3 is 5.97 Å². The number of aliphatic hydroxyl groups excluding tert-OH is 2. The monoisotopic (exact) mass is 294 g/mol. The van der Waals surface area contributed by atoms with Crippen LogP contribution in [0.2, 0.25) is 0 Å². The Hall–Kier alpha value is -0.390. The van der Waals surface area contributed by atoms with Crippen molar-refractivity contribution in [3.63, 3.8) is 0 Å². The lowest BCUT2D eigenvalue weighted by atomic mass is 10.1. The molecule has 0 saturated carbocycles. The Morgan fingerprint density at radius 3 is 2.62 bits per heavy atom. The number of aliphatic hydroxyl groups is 2. The van der Waals surface area contributed by atoms with Crippen molar-refractivity contribution >= 4 is 21.9 Å². The lowest BCUT2D eigenvalue weighted by Gasteiger charge is -2.16. The molecular weight excluding hydrogens is 276 g/mol. The maximum Gasteiger partial charge on any atom is 0.305 e. The van der Waals surface area contributed by atoms with E-state index in [0.29, 0.717) is 6.42 Å². The summed E-state index contributed by atoms with van der Waals surface area (Å²) in [6.45, 7) is 3.28. The molecule has 2 unspecified atom stereocenters. The zero-order valence-electron chi connectivity index (χ0n) is 9.27. The first-order valence-electron chi connectivity index (χ1n) is 5.30. The number of unbranched alkanes of at least 4 members (excludes halogenated alkanes) is 1. The topological polar surface area (TPSA) is 66.8 Å². The van der Waals surface area contributed by atoms with Crippen molar-refractivity contribution in [3.05, 3.63) is 12.7 Å². The van der Waals surface area contributed by atoms with Crippen LogP contribution >= 0.6 is 15.9 Å². The third-order valence-electron chi connectivity index (χ3n) is 2.03. The lowest BCUT2D eigenvalue weighted by molar-refractivity contribution is -0.149. The Morgan fingerprint density at radius 2 is 2.06 bits per heavy atom. The molecule has 0 aromatic carbocycles. The molecule has 16 heavy (non-hydrogen) atoms. The molecule has 0 saturated heterocycles. The summed E-state index contributed by atoms with van der Waals surface area (Å²) in [5, 5.41) is 19.6. The fourth-order valence-electron chi connectivity index (χ4n) is 1.05. The van der Waals surface area contributed by atoms with Crippen molar-refractivity contribution in [1.82, 2.24) is 0 Å². The Balaban J connectivity index is 3.61. The Bertz CT molecular complexity index is 208.